The number of fused-ring (bicyclic) bond motifs is 7. The highest BCUT2D eigenvalue weighted by molar-refractivity contribution is 7.26. The van der Waals surface area contributed by atoms with Crippen LogP contribution >= 0.6 is 22.7 Å². The lowest BCUT2D eigenvalue weighted by atomic mass is 9.91. The third-order valence-corrected chi connectivity index (χ3v) is 12.8. The molecule has 252 valence electrons. The Morgan fingerprint density at radius 2 is 0.852 bits per heavy atom. The highest BCUT2D eigenvalue weighted by Crippen LogP contribution is 2.42. The van der Waals surface area contributed by atoms with Gasteiger partial charge in [0.1, 0.15) is 0 Å². The van der Waals surface area contributed by atoms with Crippen molar-refractivity contribution in [1.82, 2.24) is 9.97 Å². The summed E-state index contributed by atoms with van der Waals surface area (Å²) in [4.78, 5) is 10.6. The van der Waals surface area contributed by atoms with Gasteiger partial charge in [-0.2, -0.15) is 0 Å². The van der Waals surface area contributed by atoms with Gasteiger partial charge >= 0.3 is 0 Å². The fraction of sp³-hybridized carbons (Fsp3) is 0. The number of hydrogen-bond donors (Lipinski definition) is 0. The molecule has 0 unspecified atom stereocenters. The predicted octanol–water partition coefficient (Wildman–Crippen LogP) is 14.7. The van der Waals surface area contributed by atoms with E-state index in [9.17, 15) is 0 Å². The third kappa shape index (κ3) is 5.30. The zero-order valence-electron chi connectivity index (χ0n) is 29.0. The van der Waals surface area contributed by atoms with E-state index < -0.39 is 0 Å². The number of rotatable bonds is 5. The van der Waals surface area contributed by atoms with Crippen LogP contribution in [-0.4, -0.2) is 9.97 Å². The van der Waals surface area contributed by atoms with Crippen molar-refractivity contribution in [3.8, 4) is 56.2 Å². The van der Waals surface area contributed by atoms with Crippen LogP contribution in [0.4, 0.5) is 0 Å². The highest BCUT2D eigenvalue weighted by atomic mass is 32.1. The van der Waals surface area contributed by atoms with Crippen LogP contribution in [0.3, 0.4) is 0 Å². The lowest BCUT2D eigenvalue weighted by Gasteiger charge is -2.15. The number of aromatic nitrogens is 2. The SMILES string of the molecule is c1ccc(-c2nc(-c3ccc4ccccc4c3)cc(-c3cc(-c4ccc5sc6ccccc6c5c4)ccc3-c3ccc4sc5ccccc5c4c3)n2)cc1. The van der Waals surface area contributed by atoms with E-state index >= 15 is 0 Å². The Morgan fingerprint density at radius 1 is 0.296 bits per heavy atom. The first-order chi connectivity index (χ1) is 26.7. The van der Waals surface area contributed by atoms with E-state index in [1.54, 1.807) is 0 Å². The number of nitrogens with zero attached hydrogens (tertiary/aromatic N) is 2. The van der Waals surface area contributed by atoms with E-state index in [-0.39, 0.29) is 0 Å². The minimum Gasteiger partial charge on any atom is -0.228 e. The van der Waals surface area contributed by atoms with Crippen LogP contribution in [0.25, 0.3) is 107 Å². The average molecular weight is 723 g/mol. The lowest BCUT2D eigenvalue weighted by molar-refractivity contribution is 1.18. The molecule has 4 heteroatoms. The van der Waals surface area contributed by atoms with E-state index in [0.717, 1.165) is 39.2 Å². The van der Waals surface area contributed by atoms with E-state index in [1.165, 1.54) is 62.2 Å². The summed E-state index contributed by atoms with van der Waals surface area (Å²) in [6.07, 6.45) is 0. The van der Waals surface area contributed by atoms with Crippen molar-refractivity contribution in [2.75, 3.05) is 0 Å². The van der Waals surface area contributed by atoms with E-state index in [1.807, 2.05) is 28.7 Å². The first kappa shape index (κ1) is 31.1. The molecule has 0 saturated carbocycles. The quantitative estimate of drug-likeness (QED) is 0.177. The topological polar surface area (TPSA) is 25.8 Å². The molecule has 0 atom stereocenters. The number of thiophene rings is 2. The van der Waals surface area contributed by atoms with Gasteiger partial charge < -0.3 is 0 Å². The Kier molecular flexibility index (Phi) is 7.25. The van der Waals surface area contributed by atoms with Crippen LogP contribution in [0.2, 0.25) is 0 Å². The first-order valence-corrected chi connectivity index (χ1v) is 19.8. The summed E-state index contributed by atoms with van der Waals surface area (Å²) in [6, 6.07) is 65.7. The standard InChI is InChI=1S/C50H30N2S2/c1-2-11-32(12-3-1)50-51-44(37-19-18-31-10-4-5-13-33(31)26-37)30-45(52-50)41-27-34(35-21-24-48-42(28-35)39-14-6-8-16-46(39)53-48)20-23-38(41)36-22-25-49-43(29-36)40-15-7-9-17-47(40)54-49/h1-30H. The molecule has 0 aliphatic heterocycles. The van der Waals surface area contributed by atoms with Crippen molar-refractivity contribution < 1.29 is 0 Å². The second-order valence-electron chi connectivity index (χ2n) is 13.8. The van der Waals surface area contributed by atoms with Crippen molar-refractivity contribution in [3.63, 3.8) is 0 Å². The molecule has 0 N–H and O–H groups in total. The third-order valence-electron chi connectivity index (χ3n) is 10.5. The molecule has 0 bridgehead atoms. The molecule has 0 radical (unpaired) electrons. The predicted molar refractivity (Wildman–Crippen MR) is 232 cm³/mol. The Morgan fingerprint density at radius 3 is 1.61 bits per heavy atom. The van der Waals surface area contributed by atoms with Gasteiger partial charge in [0.25, 0.3) is 0 Å². The monoisotopic (exact) mass is 722 g/mol. The fourth-order valence-corrected chi connectivity index (χ4v) is 9.96. The molecule has 0 aliphatic carbocycles. The summed E-state index contributed by atoms with van der Waals surface area (Å²) in [6.45, 7) is 0. The Bertz CT molecular complexity index is 3230. The molecular weight excluding hydrogens is 693 g/mol. The maximum atomic E-state index is 5.36. The summed E-state index contributed by atoms with van der Waals surface area (Å²) in [5.74, 6) is 0.707. The smallest absolute Gasteiger partial charge is 0.160 e. The molecule has 54 heavy (non-hydrogen) atoms. The van der Waals surface area contributed by atoms with Crippen molar-refractivity contribution in [1.29, 1.82) is 0 Å². The molecule has 0 aliphatic rings. The molecule has 11 rings (SSSR count). The minimum absolute atomic E-state index is 0.707. The van der Waals surface area contributed by atoms with Crippen LogP contribution in [-0.2, 0) is 0 Å². The van der Waals surface area contributed by atoms with Gasteiger partial charge in [-0.25, -0.2) is 9.97 Å². The van der Waals surface area contributed by atoms with Crippen LogP contribution in [0, 0.1) is 0 Å². The normalized spacial score (nSPS) is 11.7. The molecule has 0 amide bonds. The molecule has 0 fully saturated rings. The summed E-state index contributed by atoms with van der Waals surface area (Å²) >= 11 is 3.70. The zero-order chi connectivity index (χ0) is 35.6. The zero-order valence-corrected chi connectivity index (χ0v) is 30.7. The maximum absolute atomic E-state index is 5.36. The second-order valence-corrected chi connectivity index (χ2v) is 15.9. The second kappa shape index (κ2) is 12.6. The minimum atomic E-state index is 0.707. The molecule has 0 saturated heterocycles. The largest absolute Gasteiger partial charge is 0.228 e. The van der Waals surface area contributed by atoms with Crippen LogP contribution in [0.15, 0.2) is 182 Å². The summed E-state index contributed by atoms with van der Waals surface area (Å²) in [7, 11) is 0. The first-order valence-electron chi connectivity index (χ1n) is 18.1. The highest BCUT2D eigenvalue weighted by Gasteiger charge is 2.18. The Balaban J connectivity index is 1.16. The number of benzene rings is 8. The summed E-state index contributed by atoms with van der Waals surface area (Å²) in [5.41, 5.74) is 9.55. The molecule has 3 aromatic heterocycles. The van der Waals surface area contributed by atoms with Gasteiger partial charge in [0.05, 0.1) is 11.4 Å². The van der Waals surface area contributed by atoms with Crippen molar-refractivity contribution >= 4 is 73.8 Å². The molecular formula is C50H30N2S2. The summed E-state index contributed by atoms with van der Waals surface area (Å²) < 4.78 is 5.21. The summed E-state index contributed by atoms with van der Waals surface area (Å²) in [5, 5.41) is 7.56. The van der Waals surface area contributed by atoms with Gasteiger partial charge in [-0.1, -0.05) is 127 Å². The van der Waals surface area contributed by atoms with Gasteiger partial charge in [-0.15, -0.1) is 22.7 Å². The molecule has 11 aromatic rings. The molecule has 3 heterocycles. The Labute approximate surface area is 320 Å². The van der Waals surface area contributed by atoms with Crippen LogP contribution < -0.4 is 0 Å². The molecule has 2 nitrogen and oxygen atoms in total. The van der Waals surface area contributed by atoms with E-state index in [2.05, 4.69) is 176 Å². The van der Waals surface area contributed by atoms with Crippen molar-refractivity contribution in [3.05, 3.63) is 182 Å². The van der Waals surface area contributed by atoms with Crippen LogP contribution in [0.5, 0.6) is 0 Å². The Hall–Kier alpha value is -6.46. The van der Waals surface area contributed by atoms with E-state index in [4.69, 9.17) is 9.97 Å². The van der Waals surface area contributed by atoms with Gasteiger partial charge in [0.15, 0.2) is 5.82 Å². The van der Waals surface area contributed by atoms with Gasteiger partial charge in [0.2, 0.25) is 0 Å². The van der Waals surface area contributed by atoms with Gasteiger partial charge in [0, 0.05) is 57.0 Å². The van der Waals surface area contributed by atoms with Crippen molar-refractivity contribution in [2.45, 2.75) is 0 Å². The molecule has 8 aromatic carbocycles. The number of hydrogen-bond acceptors (Lipinski definition) is 4. The fourth-order valence-electron chi connectivity index (χ4n) is 7.78. The van der Waals surface area contributed by atoms with Gasteiger partial charge in [-0.3, -0.25) is 0 Å². The van der Waals surface area contributed by atoms with Crippen molar-refractivity contribution in [2.24, 2.45) is 0 Å². The van der Waals surface area contributed by atoms with Crippen LogP contribution in [0.1, 0.15) is 0 Å². The lowest BCUT2D eigenvalue weighted by Crippen LogP contribution is -1.97. The van der Waals surface area contributed by atoms with Gasteiger partial charge in [-0.05, 0) is 87.6 Å². The van der Waals surface area contributed by atoms with E-state index in [0.29, 0.717) is 5.82 Å². The maximum Gasteiger partial charge on any atom is 0.160 e. The average Bonchev–Trinajstić information content (AvgIpc) is 3.81. The molecule has 0 spiro atoms.